The average molecular weight is 263 g/mol. The van der Waals surface area contributed by atoms with E-state index in [1.165, 1.54) is 0 Å². The van der Waals surface area contributed by atoms with Gasteiger partial charge in [0.1, 0.15) is 5.82 Å². The van der Waals surface area contributed by atoms with E-state index in [2.05, 4.69) is 20.5 Å². The van der Waals surface area contributed by atoms with Gasteiger partial charge < -0.3 is 21.3 Å². The number of nitrogens with one attached hydrogen (secondary N) is 2. The van der Waals surface area contributed by atoms with Crippen LogP contribution in [0.15, 0.2) is 18.3 Å². The average Bonchev–Trinajstić information content (AvgIpc) is 2.45. The molecule has 1 fully saturated rings. The van der Waals surface area contributed by atoms with Gasteiger partial charge in [0.15, 0.2) is 0 Å². The molecule has 1 aromatic heterocycles. The van der Waals surface area contributed by atoms with Gasteiger partial charge >= 0.3 is 0 Å². The number of hydrogen-bond acceptors (Lipinski definition) is 5. The molecule has 19 heavy (non-hydrogen) atoms. The number of pyridine rings is 1. The smallest absolute Gasteiger partial charge is 0.248 e. The summed E-state index contributed by atoms with van der Waals surface area (Å²) in [6.07, 6.45) is 2.65. The summed E-state index contributed by atoms with van der Waals surface area (Å²) in [6, 6.07) is 3.31. The van der Waals surface area contributed by atoms with E-state index in [1.807, 2.05) is 0 Å². The van der Waals surface area contributed by atoms with E-state index in [0.717, 1.165) is 45.7 Å². The first-order valence-corrected chi connectivity index (χ1v) is 6.68. The van der Waals surface area contributed by atoms with Gasteiger partial charge in [-0.05, 0) is 25.1 Å². The quantitative estimate of drug-likeness (QED) is 0.624. The molecule has 104 valence electrons. The van der Waals surface area contributed by atoms with Crippen LogP contribution in [0.2, 0.25) is 0 Å². The van der Waals surface area contributed by atoms with Gasteiger partial charge in [0.05, 0.1) is 0 Å². The summed E-state index contributed by atoms with van der Waals surface area (Å²) in [5.41, 5.74) is 5.71. The number of nitrogens with zero attached hydrogens (tertiary/aromatic N) is 2. The molecule has 0 radical (unpaired) electrons. The van der Waals surface area contributed by atoms with E-state index in [9.17, 15) is 4.79 Å². The molecule has 0 atom stereocenters. The van der Waals surface area contributed by atoms with E-state index < -0.39 is 5.91 Å². The highest BCUT2D eigenvalue weighted by Crippen LogP contribution is 2.06. The van der Waals surface area contributed by atoms with Gasteiger partial charge in [-0.15, -0.1) is 0 Å². The summed E-state index contributed by atoms with van der Waals surface area (Å²) < 4.78 is 0. The zero-order valence-corrected chi connectivity index (χ0v) is 11.1. The van der Waals surface area contributed by atoms with Crippen LogP contribution < -0.4 is 16.4 Å². The molecular weight excluding hydrogens is 242 g/mol. The first-order chi connectivity index (χ1) is 9.25. The molecule has 1 saturated heterocycles. The first-order valence-electron chi connectivity index (χ1n) is 6.68. The summed E-state index contributed by atoms with van der Waals surface area (Å²) in [5, 5.41) is 6.56. The Kier molecular flexibility index (Phi) is 5.11. The normalized spacial score (nSPS) is 16.2. The monoisotopic (exact) mass is 263 g/mol. The zero-order chi connectivity index (χ0) is 13.5. The van der Waals surface area contributed by atoms with E-state index in [4.69, 9.17) is 5.73 Å². The lowest BCUT2D eigenvalue weighted by Crippen LogP contribution is -2.44. The van der Waals surface area contributed by atoms with Crippen LogP contribution in [0.1, 0.15) is 16.8 Å². The number of aromatic nitrogens is 1. The van der Waals surface area contributed by atoms with Crippen LogP contribution >= 0.6 is 0 Å². The third-order valence-corrected chi connectivity index (χ3v) is 3.21. The van der Waals surface area contributed by atoms with Crippen molar-refractivity contribution < 1.29 is 4.79 Å². The number of rotatable bonds is 6. The van der Waals surface area contributed by atoms with Crippen LogP contribution in [0.3, 0.4) is 0 Å². The van der Waals surface area contributed by atoms with Crippen molar-refractivity contribution in [3.05, 3.63) is 23.9 Å². The maximum atomic E-state index is 11.0. The number of carbonyl (C=O) groups is 1. The molecule has 0 bridgehead atoms. The van der Waals surface area contributed by atoms with Crippen molar-refractivity contribution >= 4 is 11.7 Å². The number of carbonyl (C=O) groups excluding carboxylic acids is 1. The third kappa shape index (κ3) is 4.50. The molecular formula is C13H21N5O. The Morgan fingerprint density at radius 2 is 2.26 bits per heavy atom. The molecule has 1 aliphatic rings. The third-order valence-electron chi connectivity index (χ3n) is 3.21. The van der Waals surface area contributed by atoms with Crippen LogP contribution in [0, 0.1) is 0 Å². The Balaban J connectivity index is 1.70. The fourth-order valence-electron chi connectivity index (χ4n) is 2.13. The van der Waals surface area contributed by atoms with Gasteiger partial charge in [-0.25, -0.2) is 4.98 Å². The van der Waals surface area contributed by atoms with E-state index in [-0.39, 0.29) is 0 Å². The van der Waals surface area contributed by atoms with Crippen molar-refractivity contribution in [2.24, 2.45) is 5.73 Å². The Hall–Kier alpha value is -1.66. The summed E-state index contributed by atoms with van der Waals surface area (Å²) in [4.78, 5) is 17.7. The molecule has 6 nitrogen and oxygen atoms in total. The number of anilines is 1. The second-order valence-electron chi connectivity index (χ2n) is 4.67. The molecule has 1 aromatic rings. The molecule has 1 aliphatic heterocycles. The van der Waals surface area contributed by atoms with Crippen molar-refractivity contribution in [2.75, 3.05) is 44.6 Å². The minimum atomic E-state index is -0.425. The summed E-state index contributed by atoms with van der Waals surface area (Å²) >= 11 is 0. The zero-order valence-electron chi connectivity index (χ0n) is 11.1. The minimum absolute atomic E-state index is 0.425. The van der Waals surface area contributed by atoms with Crippen molar-refractivity contribution in [1.29, 1.82) is 0 Å². The predicted octanol–water partition coefficient (Wildman–Crippen LogP) is -0.112. The van der Waals surface area contributed by atoms with Crippen LogP contribution in [0.25, 0.3) is 0 Å². The van der Waals surface area contributed by atoms with Gasteiger partial charge in [-0.1, -0.05) is 0 Å². The van der Waals surface area contributed by atoms with Crippen LogP contribution in [0.4, 0.5) is 5.82 Å². The summed E-state index contributed by atoms with van der Waals surface area (Å²) in [6.45, 7) is 6.33. The van der Waals surface area contributed by atoms with Crippen LogP contribution in [0.5, 0.6) is 0 Å². The molecule has 1 amide bonds. The minimum Gasteiger partial charge on any atom is -0.370 e. The molecule has 2 heterocycles. The SMILES string of the molecule is NC(=O)c1ccnc(NCCCN2CCNCC2)c1. The molecule has 0 aromatic carbocycles. The number of amides is 1. The molecule has 6 heteroatoms. The van der Waals surface area contributed by atoms with Crippen molar-refractivity contribution in [2.45, 2.75) is 6.42 Å². The van der Waals surface area contributed by atoms with Gasteiger partial charge in [-0.2, -0.15) is 0 Å². The Morgan fingerprint density at radius 3 is 3.00 bits per heavy atom. The highest BCUT2D eigenvalue weighted by Gasteiger charge is 2.08. The van der Waals surface area contributed by atoms with Crippen LogP contribution in [-0.4, -0.2) is 55.1 Å². The molecule has 0 saturated carbocycles. The molecule has 2 rings (SSSR count). The number of primary amides is 1. The van der Waals surface area contributed by atoms with E-state index in [0.29, 0.717) is 11.4 Å². The fraction of sp³-hybridized carbons (Fsp3) is 0.538. The number of nitrogens with two attached hydrogens (primary N) is 1. The molecule has 0 spiro atoms. The molecule has 0 unspecified atom stereocenters. The lowest BCUT2D eigenvalue weighted by Gasteiger charge is -2.27. The van der Waals surface area contributed by atoms with E-state index in [1.54, 1.807) is 18.3 Å². The van der Waals surface area contributed by atoms with Gasteiger partial charge in [-0.3, -0.25) is 4.79 Å². The molecule has 4 N–H and O–H groups in total. The van der Waals surface area contributed by atoms with Gasteiger partial charge in [0.2, 0.25) is 5.91 Å². The second kappa shape index (κ2) is 7.06. The molecule has 0 aliphatic carbocycles. The lowest BCUT2D eigenvalue weighted by molar-refractivity contribution is 0.1000. The maximum absolute atomic E-state index is 11.0. The van der Waals surface area contributed by atoms with Crippen molar-refractivity contribution in [1.82, 2.24) is 15.2 Å². The Morgan fingerprint density at radius 1 is 1.47 bits per heavy atom. The lowest BCUT2D eigenvalue weighted by atomic mass is 10.2. The largest absolute Gasteiger partial charge is 0.370 e. The van der Waals surface area contributed by atoms with E-state index >= 15 is 0 Å². The van der Waals surface area contributed by atoms with Crippen LogP contribution in [-0.2, 0) is 0 Å². The second-order valence-corrected chi connectivity index (χ2v) is 4.67. The van der Waals surface area contributed by atoms with Gasteiger partial charge in [0, 0.05) is 44.5 Å². The topological polar surface area (TPSA) is 83.3 Å². The summed E-state index contributed by atoms with van der Waals surface area (Å²) in [5.74, 6) is 0.280. The Bertz CT molecular complexity index is 417. The highest BCUT2D eigenvalue weighted by molar-refractivity contribution is 5.93. The number of piperazine rings is 1. The highest BCUT2D eigenvalue weighted by atomic mass is 16.1. The fourth-order valence-corrected chi connectivity index (χ4v) is 2.13. The first kappa shape index (κ1) is 13.8. The summed E-state index contributed by atoms with van der Waals surface area (Å²) in [7, 11) is 0. The van der Waals surface area contributed by atoms with Crippen molar-refractivity contribution in [3.63, 3.8) is 0 Å². The maximum Gasteiger partial charge on any atom is 0.248 e. The standard InChI is InChI=1S/C13H21N5O/c14-13(19)11-2-4-17-12(10-11)16-3-1-7-18-8-5-15-6-9-18/h2,4,10,15H,1,3,5-9H2,(H2,14,19)(H,16,17). The predicted molar refractivity (Wildman–Crippen MR) is 75.2 cm³/mol. The van der Waals surface area contributed by atoms with Gasteiger partial charge in [0.25, 0.3) is 0 Å². The van der Waals surface area contributed by atoms with Crippen molar-refractivity contribution in [3.8, 4) is 0 Å². The Labute approximate surface area is 113 Å². The number of hydrogen-bond donors (Lipinski definition) is 3.